The third-order valence-corrected chi connectivity index (χ3v) is 2.70. The van der Waals surface area contributed by atoms with Crippen LogP contribution >= 0.6 is 0 Å². The van der Waals surface area contributed by atoms with Crippen molar-refractivity contribution in [2.24, 2.45) is 0 Å². The largest absolute Gasteiger partial charge is 0.462 e. The lowest BCUT2D eigenvalue weighted by molar-refractivity contribution is 0.0554. The van der Waals surface area contributed by atoms with Crippen LogP contribution in [-0.4, -0.2) is 23.3 Å². The Labute approximate surface area is 105 Å². The molecule has 0 spiro atoms. The van der Waals surface area contributed by atoms with Crippen LogP contribution in [0.15, 0.2) is 28.7 Å². The molecule has 1 aromatic heterocycles. The summed E-state index contributed by atoms with van der Waals surface area (Å²) in [5.74, 6) is -0.263. The fraction of sp³-hybridized carbons (Fsp3) is 0.308. The number of rotatable bonds is 4. The highest BCUT2D eigenvalue weighted by atomic mass is 16.5. The lowest BCUT2D eigenvalue weighted by Gasteiger charge is -2.02. The number of ether oxygens (including phenoxy) is 1. The Morgan fingerprint density at radius 3 is 2.78 bits per heavy atom. The van der Waals surface area contributed by atoms with Crippen molar-refractivity contribution in [3.63, 3.8) is 0 Å². The molecule has 0 amide bonds. The SMILES string of the molecule is COC(=O)c1nnc(CCc2ccccc2C)o1. The average molecular weight is 246 g/mol. The molecular weight excluding hydrogens is 232 g/mol. The van der Waals surface area contributed by atoms with E-state index in [4.69, 9.17) is 4.42 Å². The van der Waals surface area contributed by atoms with Crippen LogP contribution in [0.5, 0.6) is 0 Å². The molecule has 5 heteroatoms. The van der Waals surface area contributed by atoms with Gasteiger partial charge in [0.2, 0.25) is 5.89 Å². The van der Waals surface area contributed by atoms with Crippen LogP contribution in [0.25, 0.3) is 0 Å². The van der Waals surface area contributed by atoms with Gasteiger partial charge in [-0.2, -0.15) is 0 Å². The van der Waals surface area contributed by atoms with Gasteiger partial charge < -0.3 is 9.15 Å². The van der Waals surface area contributed by atoms with Crippen molar-refractivity contribution in [2.45, 2.75) is 19.8 Å². The molecular formula is C13H14N2O3. The molecule has 0 bridgehead atoms. The number of carbonyl (C=O) groups is 1. The first-order valence-electron chi connectivity index (χ1n) is 5.66. The van der Waals surface area contributed by atoms with Crippen LogP contribution in [0, 0.1) is 6.92 Å². The maximum Gasteiger partial charge on any atom is 0.396 e. The third kappa shape index (κ3) is 2.74. The highest BCUT2D eigenvalue weighted by Crippen LogP contribution is 2.11. The van der Waals surface area contributed by atoms with E-state index in [1.807, 2.05) is 12.1 Å². The molecule has 0 atom stereocenters. The van der Waals surface area contributed by atoms with E-state index >= 15 is 0 Å². The van der Waals surface area contributed by atoms with Crippen molar-refractivity contribution in [2.75, 3.05) is 7.11 Å². The molecule has 94 valence electrons. The lowest BCUT2D eigenvalue weighted by Crippen LogP contribution is -2.00. The smallest absolute Gasteiger partial charge is 0.396 e. The van der Waals surface area contributed by atoms with E-state index < -0.39 is 5.97 Å². The van der Waals surface area contributed by atoms with Crippen molar-refractivity contribution in [1.82, 2.24) is 10.2 Å². The summed E-state index contributed by atoms with van der Waals surface area (Å²) in [6.45, 7) is 2.06. The number of aromatic nitrogens is 2. The van der Waals surface area contributed by atoms with Gasteiger partial charge in [0, 0.05) is 6.42 Å². The monoisotopic (exact) mass is 246 g/mol. The molecule has 0 N–H and O–H groups in total. The van der Waals surface area contributed by atoms with Crippen molar-refractivity contribution in [3.05, 3.63) is 47.2 Å². The van der Waals surface area contributed by atoms with Crippen molar-refractivity contribution in [1.29, 1.82) is 0 Å². The summed E-state index contributed by atoms with van der Waals surface area (Å²) < 4.78 is 9.70. The van der Waals surface area contributed by atoms with E-state index in [1.54, 1.807) is 0 Å². The second kappa shape index (κ2) is 5.44. The molecule has 0 aliphatic heterocycles. The van der Waals surface area contributed by atoms with Crippen molar-refractivity contribution < 1.29 is 13.9 Å². The molecule has 0 saturated carbocycles. The minimum absolute atomic E-state index is 0.0997. The Balaban J connectivity index is 2.01. The van der Waals surface area contributed by atoms with E-state index in [9.17, 15) is 4.79 Å². The number of methoxy groups -OCH3 is 1. The van der Waals surface area contributed by atoms with E-state index in [0.29, 0.717) is 12.3 Å². The van der Waals surface area contributed by atoms with Crippen LogP contribution < -0.4 is 0 Å². The standard InChI is InChI=1S/C13H14N2O3/c1-9-5-3-4-6-10(9)7-8-11-14-15-12(18-11)13(16)17-2/h3-6H,7-8H2,1-2H3. The number of nitrogens with zero attached hydrogens (tertiary/aromatic N) is 2. The summed E-state index contributed by atoms with van der Waals surface area (Å²) in [5, 5.41) is 7.44. The second-order valence-corrected chi connectivity index (χ2v) is 3.92. The number of aryl methyl sites for hydroxylation is 3. The van der Waals surface area contributed by atoms with Gasteiger partial charge in [-0.1, -0.05) is 24.3 Å². The zero-order chi connectivity index (χ0) is 13.0. The molecule has 1 heterocycles. The van der Waals surface area contributed by atoms with Gasteiger partial charge in [0.15, 0.2) is 0 Å². The Bertz CT molecular complexity index is 549. The van der Waals surface area contributed by atoms with E-state index in [1.165, 1.54) is 18.2 Å². The predicted octanol–water partition coefficient (Wildman–Crippen LogP) is 1.95. The van der Waals surface area contributed by atoms with Crippen LogP contribution in [0.1, 0.15) is 27.7 Å². The number of carbonyl (C=O) groups excluding carboxylic acids is 1. The van der Waals surface area contributed by atoms with Gasteiger partial charge in [-0.15, -0.1) is 10.2 Å². The zero-order valence-electron chi connectivity index (χ0n) is 10.3. The van der Waals surface area contributed by atoms with Gasteiger partial charge in [-0.25, -0.2) is 4.79 Å². The molecule has 18 heavy (non-hydrogen) atoms. The van der Waals surface area contributed by atoms with E-state index in [-0.39, 0.29) is 5.89 Å². The van der Waals surface area contributed by atoms with Gasteiger partial charge in [-0.05, 0) is 24.5 Å². The topological polar surface area (TPSA) is 65.2 Å². The van der Waals surface area contributed by atoms with Crippen LogP contribution in [0.3, 0.4) is 0 Å². The quantitative estimate of drug-likeness (QED) is 0.771. The average Bonchev–Trinajstić information content (AvgIpc) is 2.86. The normalized spacial score (nSPS) is 10.3. The Hall–Kier alpha value is -2.17. The molecule has 0 unspecified atom stereocenters. The van der Waals surface area contributed by atoms with Crippen molar-refractivity contribution in [3.8, 4) is 0 Å². The van der Waals surface area contributed by atoms with Gasteiger partial charge in [0.25, 0.3) is 0 Å². The summed E-state index contributed by atoms with van der Waals surface area (Å²) in [5.41, 5.74) is 2.46. The first-order valence-corrected chi connectivity index (χ1v) is 5.66. The van der Waals surface area contributed by atoms with E-state index in [2.05, 4.69) is 34.0 Å². The van der Waals surface area contributed by atoms with Crippen molar-refractivity contribution >= 4 is 5.97 Å². The highest BCUT2D eigenvalue weighted by Gasteiger charge is 2.14. The molecule has 1 aromatic carbocycles. The van der Waals surface area contributed by atoms with Crippen LogP contribution in [0.4, 0.5) is 0 Å². The van der Waals surface area contributed by atoms with Gasteiger partial charge in [0.05, 0.1) is 7.11 Å². The predicted molar refractivity (Wildman–Crippen MR) is 64.2 cm³/mol. The number of esters is 1. The summed E-state index contributed by atoms with van der Waals surface area (Å²) in [7, 11) is 1.28. The Morgan fingerprint density at radius 2 is 2.06 bits per heavy atom. The van der Waals surface area contributed by atoms with Crippen LogP contribution in [-0.2, 0) is 17.6 Å². The Kier molecular flexibility index (Phi) is 3.72. The molecule has 0 aliphatic rings. The number of hydrogen-bond donors (Lipinski definition) is 0. The fourth-order valence-electron chi connectivity index (χ4n) is 1.66. The molecule has 0 radical (unpaired) electrons. The van der Waals surface area contributed by atoms with Crippen LogP contribution in [0.2, 0.25) is 0 Å². The maximum atomic E-state index is 11.1. The zero-order valence-corrected chi connectivity index (χ0v) is 10.3. The van der Waals surface area contributed by atoms with E-state index in [0.717, 1.165) is 6.42 Å². The second-order valence-electron chi connectivity index (χ2n) is 3.92. The summed E-state index contributed by atoms with van der Waals surface area (Å²) in [6, 6.07) is 8.12. The summed E-state index contributed by atoms with van der Waals surface area (Å²) in [4.78, 5) is 11.1. The summed E-state index contributed by atoms with van der Waals surface area (Å²) >= 11 is 0. The lowest BCUT2D eigenvalue weighted by atomic mass is 10.0. The molecule has 0 aliphatic carbocycles. The fourth-order valence-corrected chi connectivity index (χ4v) is 1.66. The summed E-state index contributed by atoms with van der Waals surface area (Å²) in [6.07, 6.45) is 1.41. The third-order valence-electron chi connectivity index (χ3n) is 2.70. The first kappa shape index (κ1) is 12.3. The Morgan fingerprint density at radius 1 is 1.28 bits per heavy atom. The molecule has 0 fully saturated rings. The number of benzene rings is 1. The minimum Gasteiger partial charge on any atom is -0.462 e. The molecule has 2 rings (SSSR count). The first-order chi connectivity index (χ1) is 8.70. The highest BCUT2D eigenvalue weighted by molar-refractivity contribution is 5.83. The molecule has 5 nitrogen and oxygen atoms in total. The minimum atomic E-state index is -0.607. The molecule has 2 aromatic rings. The number of hydrogen-bond acceptors (Lipinski definition) is 5. The van der Waals surface area contributed by atoms with Gasteiger partial charge in [-0.3, -0.25) is 0 Å². The molecule has 0 saturated heterocycles. The maximum absolute atomic E-state index is 11.1. The van der Waals surface area contributed by atoms with Gasteiger partial charge >= 0.3 is 11.9 Å². The van der Waals surface area contributed by atoms with Gasteiger partial charge in [0.1, 0.15) is 0 Å².